The van der Waals surface area contributed by atoms with Gasteiger partial charge in [-0.2, -0.15) is 5.10 Å². The van der Waals surface area contributed by atoms with Gasteiger partial charge in [0.2, 0.25) is 0 Å². The third kappa shape index (κ3) is 4.43. The zero-order chi connectivity index (χ0) is 22.0. The van der Waals surface area contributed by atoms with E-state index in [0.29, 0.717) is 22.7 Å². The van der Waals surface area contributed by atoms with E-state index in [1.54, 1.807) is 55.6 Å². The molecular formula is C21H20N4O5S. The van der Waals surface area contributed by atoms with Crippen molar-refractivity contribution in [3.05, 3.63) is 71.4 Å². The highest BCUT2D eigenvalue weighted by atomic mass is 32.2. The molecule has 3 aromatic rings. The first-order valence-corrected chi connectivity index (χ1v) is 11.3. The number of rotatable bonds is 5. The fourth-order valence-electron chi connectivity index (χ4n) is 3.30. The molecule has 2 N–H and O–H groups in total. The molecule has 1 aromatic heterocycles. The Morgan fingerprint density at radius 3 is 2.42 bits per heavy atom. The van der Waals surface area contributed by atoms with Gasteiger partial charge in [0.15, 0.2) is 9.84 Å². The number of nitrogens with one attached hydrogen (secondary N) is 2. The van der Waals surface area contributed by atoms with Crippen molar-refractivity contribution >= 4 is 27.5 Å². The Bertz CT molecular complexity index is 1230. The summed E-state index contributed by atoms with van der Waals surface area (Å²) in [5.41, 5.74) is 2.21. The maximum atomic E-state index is 12.5. The van der Waals surface area contributed by atoms with Crippen LogP contribution in [0.3, 0.4) is 0 Å². The number of carbonyl (C=O) groups excluding carboxylic acids is 2. The second-order valence-electron chi connectivity index (χ2n) is 7.04. The van der Waals surface area contributed by atoms with Gasteiger partial charge in [-0.05, 0) is 29.8 Å². The van der Waals surface area contributed by atoms with Gasteiger partial charge in [-0.3, -0.25) is 9.59 Å². The molecule has 31 heavy (non-hydrogen) atoms. The number of sulfone groups is 1. The van der Waals surface area contributed by atoms with Crippen molar-refractivity contribution in [2.45, 2.75) is 18.1 Å². The Morgan fingerprint density at radius 1 is 1.03 bits per heavy atom. The van der Waals surface area contributed by atoms with Crippen LogP contribution in [0.2, 0.25) is 0 Å². The standard InChI is InChI=1S/C21H20N4O5S/c1-30-16-9-7-14(8-10-16)11-22-20(26)21(27)23-19-17-12-31(28,29)13-18(17)24-25(19)15-5-3-2-4-6-15/h2-10H,11-13H2,1H3,(H,22,26)(H,23,27). The summed E-state index contributed by atoms with van der Waals surface area (Å²) in [6.45, 7) is 0.153. The van der Waals surface area contributed by atoms with E-state index >= 15 is 0 Å². The fourth-order valence-corrected chi connectivity index (χ4v) is 4.79. The molecule has 0 radical (unpaired) electrons. The summed E-state index contributed by atoms with van der Waals surface area (Å²) in [5.74, 6) is -1.31. The minimum atomic E-state index is -3.33. The number of nitrogens with zero attached hydrogens (tertiary/aromatic N) is 2. The van der Waals surface area contributed by atoms with Crippen LogP contribution in [-0.2, 0) is 37.5 Å². The highest BCUT2D eigenvalue weighted by molar-refractivity contribution is 7.90. The van der Waals surface area contributed by atoms with E-state index in [2.05, 4.69) is 15.7 Å². The van der Waals surface area contributed by atoms with Gasteiger partial charge in [-0.25, -0.2) is 13.1 Å². The SMILES string of the molecule is COc1ccc(CNC(=O)C(=O)Nc2c3c(nn2-c2ccccc2)CS(=O)(=O)C3)cc1. The minimum Gasteiger partial charge on any atom is -0.497 e. The molecule has 1 aliphatic heterocycles. The first kappa shape index (κ1) is 20.6. The molecule has 0 bridgehead atoms. The molecule has 2 amide bonds. The molecule has 4 rings (SSSR count). The van der Waals surface area contributed by atoms with Crippen molar-refractivity contribution in [3.8, 4) is 11.4 Å². The van der Waals surface area contributed by atoms with Gasteiger partial charge >= 0.3 is 11.8 Å². The maximum absolute atomic E-state index is 12.5. The largest absolute Gasteiger partial charge is 0.497 e. The minimum absolute atomic E-state index is 0.153. The van der Waals surface area contributed by atoms with E-state index in [1.807, 2.05) is 6.07 Å². The summed E-state index contributed by atoms with van der Waals surface area (Å²) < 4.78 is 30.6. The number of para-hydroxylation sites is 1. The Hall–Kier alpha value is -3.66. The van der Waals surface area contributed by atoms with Crippen molar-refractivity contribution in [2.24, 2.45) is 0 Å². The summed E-state index contributed by atoms with van der Waals surface area (Å²) in [5, 5.41) is 9.46. The third-order valence-corrected chi connectivity index (χ3v) is 6.28. The number of methoxy groups -OCH3 is 1. The van der Waals surface area contributed by atoms with Crippen molar-refractivity contribution in [1.29, 1.82) is 0 Å². The predicted octanol–water partition coefficient (Wildman–Crippen LogP) is 1.56. The van der Waals surface area contributed by atoms with E-state index in [4.69, 9.17) is 4.74 Å². The van der Waals surface area contributed by atoms with E-state index in [9.17, 15) is 18.0 Å². The van der Waals surface area contributed by atoms with Gasteiger partial charge in [0, 0.05) is 12.1 Å². The van der Waals surface area contributed by atoms with E-state index in [0.717, 1.165) is 5.56 Å². The highest BCUT2D eigenvalue weighted by Gasteiger charge is 2.33. The molecule has 0 aliphatic carbocycles. The number of hydrogen-bond acceptors (Lipinski definition) is 6. The smallest absolute Gasteiger partial charge is 0.314 e. The van der Waals surface area contributed by atoms with Crippen LogP contribution in [0.5, 0.6) is 5.75 Å². The van der Waals surface area contributed by atoms with Crippen LogP contribution in [0.1, 0.15) is 16.8 Å². The first-order chi connectivity index (χ1) is 14.9. The first-order valence-electron chi connectivity index (χ1n) is 9.45. The second kappa shape index (κ2) is 8.23. The van der Waals surface area contributed by atoms with E-state index in [1.165, 1.54) is 4.68 Å². The van der Waals surface area contributed by atoms with Crippen LogP contribution in [0.25, 0.3) is 5.69 Å². The van der Waals surface area contributed by atoms with Gasteiger partial charge in [-0.15, -0.1) is 0 Å². The van der Waals surface area contributed by atoms with Gasteiger partial charge in [0.25, 0.3) is 0 Å². The number of fused-ring (bicyclic) bond motifs is 1. The number of aromatic nitrogens is 2. The number of ether oxygens (including phenoxy) is 1. The lowest BCUT2D eigenvalue weighted by molar-refractivity contribution is -0.136. The Labute approximate surface area is 178 Å². The van der Waals surface area contributed by atoms with Gasteiger partial charge in [0.05, 0.1) is 30.0 Å². The van der Waals surface area contributed by atoms with Crippen molar-refractivity contribution < 1.29 is 22.7 Å². The number of benzene rings is 2. The van der Waals surface area contributed by atoms with Gasteiger partial charge in [-0.1, -0.05) is 30.3 Å². The van der Waals surface area contributed by atoms with Crippen molar-refractivity contribution in [3.63, 3.8) is 0 Å². The second-order valence-corrected chi connectivity index (χ2v) is 9.10. The molecule has 10 heteroatoms. The van der Waals surface area contributed by atoms with E-state index < -0.39 is 21.7 Å². The lowest BCUT2D eigenvalue weighted by Crippen LogP contribution is -2.35. The molecule has 0 saturated carbocycles. The molecule has 2 heterocycles. The molecule has 2 aromatic carbocycles. The molecule has 0 fully saturated rings. The Balaban J connectivity index is 1.52. The number of anilines is 1. The Morgan fingerprint density at radius 2 is 1.74 bits per heavy atom. The Kier molecular flexibility index (Phi) is 5.47. The zero-order valence-corrected chi connectivity index (χ0v) is 17.5. The van der Waals surface area contributed by atoms with Crippen LogP contribution in [0.4, 0.5) is 5.82 Å². The average molecular weight is 440 g/mol. The van der Waals surface area contributed by atoms with Crippen LogP contribution >= 0.6 is 0 Å². The molecule has 160 valence electrons. The highest BCUT2D eigenvalue weighted by Crippen LogP contribution is 2.32. The average Bonchev–Trinajstić information content (AvgIpc) is 3.25. The normalized spacial score (nSPS) is 14.0. The lowest BCUT2D eigenvalue weighted by atomic mass is 10.2. The molecule has 0 unspecified atom stereocenters. The monoisotopic (exact) mass is 440 g/mol. The van der Waals surface area contributed by atoms with Crippen LogP contribution < -0.4 is 15.4 Å². The summed E-state index contributed by atoms with van der Waals surface area (Å²) >= 11 is 0. The lowest BCUT2D eigenvalue weighted by Gasteiger charge is -2.11. The van der Waals surface area contributed by atoms with Crippen LogP contribution in [0, 0.1) is 0 Å². The molecular weight excluding hydrogens is 420 g/mol. The van der Waals surface area contributed by atoms with E-state index in [-0.39, 0.29) is 23.9 Å². The summed E-state index contributed by atoms with van der Waals surface area (Å²) in [7, 11) is -1.77. The molecule has 0 spiro atoms. The van der Waals surface area contributed by atoms with Gasteiger partial charge in [0.1, 0.15) is 11.6 Å². The fraction of sp³-hybridized carbons (Fsp3) is 0.190. The quantitative estimate of drug-likeness (QED) is 0.581. The maximum Gasteiger partial charge on any atom is 0.314 e. The number of hydrogen-bond donors (Lipinski definition) is 2. The summed E-state index contributed by atoms with van der Waals surface area (Å²) in [4.78, 5) is 24.9. The summed E-state index contributed by atoms with van der Waals surface area (Å²) in [6.07, 6.45) is 0. The predicted molar refractivity (Wildman–Crippen MR) is 113 cm³/mol. The molecule has 0 saturated heterocycles. The van der Waals surface area contributed by atoms with Gasteiger partial charge < -0.3 is 15.4 Å². The topological polar surface area (TPSA) is 119 Å². The number of amides is 2. The van der Waals surface area contributed by atoms with Crippen LogP contribution in [0.15, 0.2) is 54.6 Å². The van der Waals surface area contributed by atoms with Crippen LogP contribution in [-0.4, -0.2) is 37.1 Å². The third-order valence-electron chi connectivity index (χ3n) is 4.84. The molecule has 9 nitrogen and oxygen atoms in total. The van der Waals surface area contributed by atoms with Crippen molar-refractivity contribution in [2.75, 3.05) is 12.4 Å². The summed E-state index contributed by atoms with van der Waals surface area (Å²) in [6, 6.07) is 16.0. The zero-order valence-electron chi connectivity index (χ0n) is 16.7. The number of carbonyl (C=O) groups is 2. The van der Waals surface area contributed by atoms with Crippen molar-refractivity contribution in [1.82, 2.24) is 15.1 Å². The molecule has 0 atom stereocenters. The molecule has 1 aliphatic rings.